The minimum atomic E-state index is -0.320. The Hall–Kier alpha value is -2.99. The Labute approximate surface area is 141 Å². The molecule has 6 heteroatoms. The summed E-state index contributed by atoms with van der Waals surface area (Å²) in [5, 5.41) is 7.54. The molecule has 0 bridgehead atoms. The van der Waals surface area contributed by atoms with Crippen molar-refractivity contribution in [2.75, 3.05) is 5.32 Å². The summed E-state index contributed by atoms with van der Waals surface area (Å²) in [6.07, 6.45) is 3.48. The Morgan fingerprint density at radius 1 is 1.12 bits per heavy atom. The summed E-state index contributed by atoms with van der Waals surface area (Å²) in [5.41, 5.74) is 1.41. The quantitative estimate of drug-likeness (QED) is 0.599. The number of carbonyl (C=O) groups excluding carboxylic acids is 1. The number of para-hydroxylation sites is 2. The molecule has 0 aliphatic rings. The van der Waals surface area contributed by atoms with Gasteiger partial charge in [-0.3, -0.25) is 4.79 Å². The van der Waals surface area contributed by atoms with Crippen LogP contribution in [0, 0.1) is 5.82 Å². The van der Waals surface area contributed by atoms with Crippen LogP contribution in [0.2, 0.25) is 0 Å². The summed E-state index contributed by atoms with van der Waals surface area (Å²) in [6, 6.07) is 15.6. The van der Waals surface area contributed by atoms with E-state index in [2.05, 4.69) is 10.4 Å². The largest absolute Gasteiger partial charge is 0.319 e. The van der Waals surface area contributed by atoms with Gasteiger partial charge in [0.2, 0.25) is 0 Å². The molecule has 4 rings (SSSR count). The maximum atomic E-state index is 13.8. The first kappa shape index (κ1) is 14.6. The van der Waals surface area contributed by atoms with Crippen molar-refractivity contribution in [3.63, 3.8) is 0 Å². The zero-order valence-electron chi connectivity index (χ0n) is 12.4. The second-order valence-electron chi connectivity index (χ2n) is 5.18. The van der Waals surface area contributed by atoms with E-state index in [1.165, 1.54) is 17.4 Å². The van der Waals surface area contributed by atoms with Gasteiger partial charge in [0.15, 0.2) is 0 Å². The average molecular weight is 337 g/mol. The van der Waals surface area contributed by atoms with Crippen molar-refractivity contribution in [3.05, 3.63) is 77.7 Å². The fourth-order valence-electron chi connectivity index (χ4n) is 2.51. The highest BCUT2D eigenvalue weighted by Gasteiger charge is 2.14. The van der Waals surface area contributed by atoms with E-state index in [0.29, 0.717) is 16.0 Å². The molecule has 4 aromatic rings. The predicted molar refractivity (Wildman–Crippen MR) is 93.3 cm³/mol. The molecular formula is C18H12FN3OS. The summed E-state index contributed by atoms with van der Waals surface area (Å²) in [6.45, 7) is 0. The highest BCUT2D eigenvalue weighted by Crippen LogP contribution is 2.29. The lowest BCUT2D eigenvalue weighted by molar-refractivity contribution is 0.103. The zero-order valence-corrected chi connectivity index (χ0v) is 13.3. The van der Waals surface area contributed by atoms with Crippen molar-refractivity contribution >= 4 is 33.0 Å². The molecule has 1 N–H and O–H groups in total. The van der Waals surface area contributed by atoms with Crippen LogP contribution >= 0.6 is 11.3 Å². The molecule has 0 aliphatic carbocycles. The summed E-state index contributed by atoms with van der Waals surface area (Å²) in [5.74, 6) is -0.588. The van der Waals surface area contributed by atoms with Crippen molar-refractivity contribution < 1.29 is 9.18 Å². The molecule has 0 aliphatic heterocycles. The van der Waals surface area contributed by atoms with Gasteiger partial charge in [-0.05, 0) is 36.4 Å². The number of rotatable bonds is 3. The summed E-state index contributed by atoms with van der Waals surface area (Å²) >= 11 is 1.27. The molecule has 0 fully saturated rings. The smallest absolute Gasteiger partial charge is 0.265 e. The number of halogens is 1. The van der Waals surface area contributed by atoms with E-state index in [1.807, 2.05) is 30.3 Å². The number of nitrogens with zero attached hydrogens (tertiary/aromatic N) is 2. The molecule has 0 atom stereocenters. The number of thiophene rings is 1. The molecule has 118 valence electrons. The van der Waals surface area contributed by atoms with Crippen LogP contribution in [-0.2, 0) is 0 Å². The van der Waals surface area contributed by atoms with Crippen molar-refractivity contribution in [2.24, 2.45) is 0 Å². The van der Waals surface area contributed by atoms with Crippen molar-refractivity contribution in [3.8, 4) is 5.69 Å². The SMILES string of the molecule is O=C(Nc1ccccc1-n1cccn1)c1cc2c(F)cccc2s1. The third kappa shape index (κ3) is 2.57. The topological polar surface area (TPSA) is 46.9 Å². The van der Waals surface area contributed by atoms with Crippen LogP contribution < -0.4 is 5.32 Å². The van der Waals surface area contributed by atoms with Gasteiger partial charge in [-0.2, -0.15) is 5.10 Å². The van der Waals surface area contributed by atoms with E-state index < -0.39 is 0 Å². The number of nitrogens with one attached hydrogen (secondary N) is 1. The van der Waals surface area contributed by atoms with Crippen LogP contribution in [0.5, 0.6) is 0 Å². The Balaban J connectivity index is 1.68. The Morgan fingerprint density at radius 2 is 2.00 bits per heavy atom. The molecule has 4 nitrogen and oxygen atoms in total. The van der Waals surface area contributed by atoms with Gasteiger partial charge in [0.1, 0.15) is 5.82 Å². The van der Waals surface area contributed by atoms with Crippen LogP contribution in [0.3, 0.4) is 0 Å². The normalized spacial score (nSPS) is 10.9. The Morgan fingerprint density at radius 3 is 2.79 bits per heavy atom. The summed E-state index contributed by atoms with van der Waals surface area (Å²) in [4.78, 5) is 13.0. The number of hydrogen-bond donors (Lipinski definition) is 1. The fraction of sp³-hybridized carbons (Fsp3) is 0. The van der Waals surface area contributed by atoms with E-state index in [-0.39, 0.29) is 11.7 Å². The lowest BCUT2D eigenvalue weighted by atomic mass is 10.2. The molecule has 1 amide bonds. The first-order valence-corrected chi connectivity index (χ1v) is 8.12. The van der Waals surface area contributed by atoms with E-state index >= 15 is 0 Å². The molecule has 0 spiro atoms. The number of amides is 1. The van der Waals surface area contributed by atoms with Gasteiger partial charge in [-0.1, -0.05) is 18.2 Å². The predicted octanol–water partition coefficient (Wildman–Crippen LogP) is 4.48. The minimum absolute atomic E-state index is 0.268. The number of carbonyl (C=O) groups is 1. The van der Waals surface area contributed by atoms with Crippen molar-refractivity contribution in [1.82, 2.24) is 9.78 Å². The first-order valence-electron chi connectivity index (χ1n) is 7.31. The summed E-state index contributed by atoms with van der Waals surface area (Å²) in [7, 11) is 0. The van der Waals surface area contributed by atoms with Gasteiger partial charge >= 0.3 is 0 Å². The highest BCUT2D eigenvalue weighted by molar-refractivity contribution is 7.20. The third-order valence-corrected chi connectivity index (χ3v) is 4.73. The second kappa shape index (κ2) is 5.90. The number of fused-ring (bicyclic) bond motifs is 1. The zero-order chi connectivity index (χ0) is 16.5. The second-order valence-corrected chi connectivity index (χ2v) is 6.27. The third-order valence-electron chi connectivity index (χ3n) is 3.64. The highest BCUT2D eigenvalue weighted by atomic mass is 32.1. The Kier molecular flexibility index (Phi) is 3.59. The number of anilines is 1. The molecule has 2 aromatic heterocycles. The van der Waals surface area contributed by atoms with Crippen LogP contribution in [0.15, 0.2) is 67.0 Å². The van der Waals surface area contributed by atoms with Crippen LogP contribution in [0.25, 0.3) is 15.8 Å². The van der Waals surface area contributed by atoms with Crippen molar-refractivity contribution in [1.29, 1.82) is 0 Å². The van der Waals surface area contributed by atoms with E-state index in [9.17, 15) is 9.18 Å². The van der Waals surface area contributed by atoms with E-state index in [0.717, 1.165) is 10.4 Å². The molecule has 0 radical (unpaired) electrons. The van der Waals surface area contributed by atoms with Gasteiger partial charge in [0.25, 0.3) is 5.91 Å². The molecule has 24 heavy (non-hydrogen) atoms. The maximum absolute atomic E-state index is 13.8. The fourth-order valence-corrected chi connectivity index (χ4v) is 3.48. The lowest BCUT2D eigenvalue weighted by Gasteiger charge is -2.10. The Bertz CT molecular complexity index is 1020. The molecule has 0 saturated heterocycles. The van der Waals surface area contributed by atoms with Gasteiger partial charge < -0.3 is 5.32 Å². The molecular weight excluding hydrogens is 325 g/mol. The first-order chi connectivity index (χ1) is 11.7. The van der Waals surface area contributed by atoms with Crippen LogP contribution in [0.4, 0.5) is 10.1 Å². The molecule has 0 unspecified atom stereocenters. The van der Waals surface area contributed by atoms with Gasteiger partial charge in [0.05, 0.1) is 16.3 Å². The molecule has 2 aromatic carbocycles. The maximum Gasteiger partial charge on any atom is 0.265 e. The number of hydrogen-bond acceptors (Lipinski definition) is 3. The average Bonchev–Trinajstić information content (AvgIpc) is 3.25. The van der Waals surface area contributed by atoms with Gasteiger partial charge in [-0.15, -0.1) is 11.3 Å². The summed E-state index contributed by atoms with van der Waals surface area (Å²) < 4.78 is 16.2. The van der Waals surface area contributed by atoms with Crippen LogP contribution in [-0.4, -0.2) is 15.7 Å². The van der Waals surface area contributed by atoms with Gasteiger partial charge in [0, 0.05) is 22.5 Å². The van der Waals surface area contributed by atoms with E-state index in [4.69, 9.17) is 0 Å². The minimum Gasteiger partial charge on any atom is -0.319 e. The van der Waals surface area contributed by atoms with Crippen LogP contribution in [0.1, 0.15) is 9.67 Å². The number of aromatic nitrogens is 2. The van der Waals surface area contributed by atoms with E-state index in [1.54, 1.807) is 35.3 Å². The van der Waals surface area contributed by atoms with Gasteiger partial charge in [-0.25, -0.2) is 9.07 Å². The van der Waals surface area contributed by atoms with Crippen molar-refractivity contribution in [2.45, 2.75) is 0 Å². The monoisotopic (exact) mass is 337 g/mol. The molecule has 0 saturated carbocycles. The number of benzene rings is 2. The molecule has 2 heterocycles. The standard InChI is InChI=1S/C18H12FN3OS/c19-13-5-3-8-16-12(13)11-17(24-16)18(23)21-14-6-1-2-7-15(14)22-10-4-9-20-22/h1-11H,(H,21,23). The lowest BCUT2D eigenvalue weighted by Crippen LogP contribution is -2.12.